The Morgan fingerprint density at radius 3 is 2.53 bits per heavy atom. The SMILES string of the molecule is CN(C)CC1CCN(c2cc(Br)cc(CN)c2)CC1. The summed E-state index contributed by atoms with van der Waals surface area (Å²) < 4.78 is 1.13. The van der Waals surface area contributed by atoms with Gasteiger partial charge in [0.25, 0.3) is 0 Å². The normalized spacial score (nSPS) is 17.2. The van der Waals surface area contributed by atoms with Crippen molar-refractivity contribution in [1.29, 1.82) is 0 Å². The van der Waals surface area contributed by atoms with Crippen molar-refractivity contribution in [2.24, 2.45) is 11.7 Å². The first-order chi connectivity index (χ1) is 9.08. The van der Waals surface area contributed by atoms with Crippen LogP contribution in [0.2, 0.25) is 0 Å². The lowest BCUT2D eigenvalue weighted by atomic mass is 9.96. The minimum atomic E-state index is 0.601. The second-order valence-electron chi connectivity index (χ2n) is 5.71. The number of rotatable bonds is 4. The monoisotopic (exact) mass is 325 g/mol. The third-order valence-corrected chi connectivity index (χ3v) is 4.24. The summed E-state index contributed by atoms with van der Waals surface area (Å²) in [5, 5.41) is 0. The molecule has 0 radical (unpaired) electrons. The van der Waals surface area contributed by atoms with Crippen LogP contribution in [-0.4, -0.2) is 38.6 Å². The van der Waals surface area contributed by atoms with E-state index in [0.717, 1.165) is 23.5 Å². The second-order valence-corrected chi connectivity index (χ2v) is 6.63. The molecule has 19 heavy (non-hydrogen) atoms. The third kappa shape index (κ3) is 4.20. The van der Waals surface area contributed by atoms with Crippen molar-refractivity contribution in [1.82, 2.24) is 4.90 Å². The summed E-state index contributed by atoms with van der Waals surface area (Å²) in [5.41, 5.74) is 8.25. The molecule has 0 bridgehead atoms. The van der Waals surface area contributed by atoms with Crippen molar-refractivity contribution in [3.63, 3.8) is 0 Å². The lowest BCUT2D eigenvalue weighted by molar-refractivity contribution is 0.285. The van der Waals surface area contributed by atoms with Gasteiger partial charge in [-0.15, -0.1) is 0 Å². The lowest BCUT2D eigenvalue weighted by Gasteiger charge is -2.35. The largest absolute Gasteiger partial charge is 0.371 e. The van der Waals surface area contributed by atoms with Gasteiger partial charge in [0.2, 0.25) is 0 Å². The summed E-state index contributed by atoms with van der Waals surface area (Å²) in [7, 11) is 4.32. The average Bonchev–Trinajstić information content (AvgIpc) is 2.38. The molecule has 1 fully saturated rings. The predicted octanol–water partition coefficient (Wildman–Crippen LogP) is 2.69. The molecule has 0 amide bonds. The first kappa shape index (κ1) is 14.8. The molecule has 0 spiro atoms. The minimum Gasteiger partial charge on any atom is -0.371 e. The van der Waals surface area contributed by atoms with Gasteiger partial charge >= 0.3 is 0 Å². The molecule has 0 aromatic heterocycles. The number of piperidine rings is 1. The van der Waals surface area contributed by atoms with Crippen molar-refractivity contribution < 1.29 is 0 Å². The van der Waals surface area contributed by atoms with Gasteiger partial charge in [-0.25, -0.2) is 0 Å². The molecule has 1 heterocycles. The molecule has 0 aliphatic carbocycles. The maximum Gasteiger partial charge on any atom is 0.0380 e. The molecule has 0 unspecified atom stereocenters. The number of anilines is 1. The first-order valence-corrected chi connectivity index (χ1v) is 7.77. The van der Waals surface area contributed by atoms with Gasteiger partial charge < -0.3 is 15.5 Å². The van der Waals surface area contributed by atoms with Crippen LogP contribution in [-0.2, 0) is 6.54 Å². The Kier molecular flexibility index (Phi) is 5.25. The highest BCUT2D eigenvalue weighted by Gasteiger charge is 2.20. The fourth-order valence-corrected chi connectivity index (χ4v) is 3.35. The van der Waals surface area contributed by atoms with Crippen LogP contribution in [0.25, 0.3) is 0 Å². The van der Waals surface area contributed by atoms with E-state index in [1.54, 1.807) is 0 Å². The van der Waals surface area contributed by atoms with Gasteiger partial charge in [-0.3, -0.25) is 0 Å². The fraction of sp³-hybridized carbons (Fsp3) is 0.600. The van der Waals surface area contributed by atoms with Crippen LogP contribution in [0.15, 0.2) is 22.7 Å². The van der Waals surface area contributed by atoms with Crippen LogP contribution < -0.4 is 10.6 Å². The van der Waals surface area contributed by atoms with Crippen LogP contribution in [0.3, 0.4) is 0 Å². The van der Waals surface area contributed by atoms with Crippen molar-refractivity contribution >= 4 is 21.6 Å². The Labute approximate surface area is 124 Å². The molecule has 2 rings (SSSR count). The summed E-state index contributed by atoms with van der Waals surface area (Å²) in [5.74, 6) is 0.840. The van der Waals surface area contributed by atoms with Gasteiger partial charge in [-0.2, -0.15) is 0 Å². The Hall–Kier alpha value is -0.580. The van der Waals surface area contributed by atoms with Gasteiger partial charge in [0, 0.05) is 36.3 Å². The van der Waals surface area contributed by atoms with Crippen LogP contribution in [0.4, 0.5) is 5.69 Å². The first-order valence-electron chi connectivity index (χ1n) is 6.97. The molecule has 3 nitrogen and oxygen atoms in total. The molecule has 1 aliphatic rings. The van der Waals surface area contributed by atoms with Gasteiger partial charge in [-0.05, 0) is 56.6 Å². The summed E-state index contributed by atoms with van der Waals surface area (Å²) >= 11 is 3.58. The fourth-order valence-electron chi connectivity index (χ4n) is 2.82. The zero-order valence-corrected chi connectivity index (χ0v) is 13.5. The molecule has 4 heteroatoms. The highest BCUT2D eigenvalue weighted by Crippen LogP contribution is 2.27. The van der Waals surface area contributed by atoms with Crippen LogP contribution in [0.5, 0.6) is 0 Å². The molecule has 1 saturated heterocycles. The maximum absolute atomic E-state index is 5.75. The standard InChI is InChI=1S/C15H24BrN3/c1-18(2)11-12-3-5-19(6-4-12)15-8-13(10-17)7-14(16)9-15/h7-9,12H,3-6,10-11,17H2,1-2H3. The summed E-state index contributed by atoms with van der Waals surface area (Å²) in [4.78, 5) is 4.78. The highest BCUT2D eigenvalue weighted by atomic mass is 79.9. The molecule has 1 aliphatic heterocycles. The van der Waals surface area contributed by atoms with E-state index < -0.39 is 0 Å². The zero-order chi connectivity index (χ0) is 13.8. The quantitative estimate of drug-likeness (QED) is 0.923. The maximum atomic E-state index is 5.75. The van der Waals surface area contributed by atoms with E-state index in [1.165, 1.54) is 30.6 Å². The Morgan fingerprint density at radius 1 is 1.26 bits per heavy atom. The van der Waals surface area contributed by atoms with Gasteiger partial charge in [0.15, 0.2) is 0 Å². The van der Waals surface area contributed by atoms with E-state index in [1.807, 2.05) is 0 Å². The van der Waals surface area contributed by atoms with Gasteiger partial charge in [0.1, 0.15) is 0 Å². The van der Waals surface area contributed by atoms with Crippen molar-refractivity contribution in [2.45, 2.75) is 19.4 Å². The lowest BCUT2D eigenvalue weighted by Crippen LogP contribution is -2.37. The van der Waals surface area contributed by atoms with Crippen LogP contribution >= 0.6 is 15.9 Å². The molecule has 1 aromatic rings. The van der Waals surface area contributed by atoms with Crippen molar-refractivity contribution in [3.8, 4) is 0 Å². The van der Waals surface area contributed by atoms with Crippen molar-refractivity contribution in [3.05, 3.63) is 28.2 Å². The topological polar surface area (TPSA) is 32.5 Å². The van der Waals surface area contributed by atoms with E-state index in [-0.39, 0.29) is 0 Å². The summed E-state index contributed by atoms with van der Waals surface area (Å²) in [6.07, 6.45) is 2.56. The number of hydrogen-bond donors (Lipinski definition) is 1. The Bertz CT molecular complexity index is 412. The van der Waals surface area contributed by atoms with E-state index in [9.17, 15) is 0 Å². The third-order valence-electron chi connectivity index (χ3n) is 3.78. The van der Waals surface area contributed by atoms with Gasteiger partial charge in [-0.1, -0.05) is 15.9 Å². The molecular formula is C15H24BrN3. The van der Waals surface area contributed by atoms with E-state index in [4.69, 9.17) is 5.73 Å². The summed E-state index contributed by atoms with van der Waals surface area (Å²) in [6.45, 7) is 4.11. The van der Waals surface area contributed by atoms with Crippen molar-refractivity contribution in [2.75, 3.05) is 38.6 Å². The van der Waals surface area contributed by atoms with E-state index >= 15 is 0 Å². The number of hydrogen-bond acceptors (Lipinski definition) is 3. The molecule has 106 valence electrons. The molecule has 0 saturated carbocycles. The minimum absolute atomic E-state index is 0.601. The highest BCUT2D eigenvalue weighted by molar-refractivity contribution is 9.10. The van der Waals surface area contributed by atoms with E-state index in [2.05, 4.69) is 58.0 Å². The Morgan fingerprint density at radius 2 is 1.95 bits per heavy atom. The molecule has 2 N–H and O–H groups in total. The zero-order valence-electron chi connectivity index (χ0n) is 11.9. The van der Waals surface area contributed by atoms with E-state index in [0.29, 0.717) is 6.54 Å². The van der Waals surface area contributed by atoms with Gasteiger partial charge in [0.05, 0.1) is 0 Å². The average molecular weight is 326 g/mol. The number of nitrogens with two attached hydrogens (primary N) is 1. The van der Waals surface area contributed by atoms with Crippen LogP contribution in [0, 0.1) is 5.92 Å². The smallest absolute Gasteiger partial charge is 0.0380 e. The predicted molar refractivity (Wildman–Crippen MR) is 85.5 cm³/mol. The summed E-state index contributed by atoms with van der Waals surface area (Å²) in [6, 6.07) is 6.52. The molecule has 0 atom stereocenters. The van der Waals surface area contributed by atoms with Crippen LogP contribution in [0.1, 0.15) is 18.4 Å². The number of nitrogens with zero attached hydrogens (tertiary/aromatic N) is 2. The second kappa shape index (κ2) is 6.73. The Balaban J connectivity index is 1.99. The molecular weight excluding hydrogens is 302 g/mol. The number of halogens is 1. The molecule has 1 aromatic carbocycles. The number of benzene rings is 1.